The van der Waals surface area contributed by atoms with E-state index in [0.717, 1.165) is 49.0 Å². The molecule has 1 saturated heterocycles. The van der Waals surface area contributed by atoms with Crippen LogP contribution >= 0.6 is 0 Å². The second-order valence-corrected chi connectivity index (χ2v) is 9.26. The van der Waals surface area contributed by atoms with E-state index in [2.05, 4.69) is 6.92 Å². The number of aryl methyl sites for hydroxylation is 2. The summed E-state index contributed by atoms with van der Waals surface area (Å²) in [6.45, 7) is 4.16. The van der Waals surface area contributed by atoms with E-state index in [1.54, 1.807) is 4.31 Å². The molecule has 4 rings (SSSR count). The average molecular weight is 348 g/mol. The van der Waals surface area contributed by atoms with Crippen molar-refractivity contribution >= 4 is 21.6 Å². The monoisotopic (exact) mass is 348 g/mol. The molecular weight excluding hydrogens is 324 g/mol. The van der Waals surface area contributed by atoms with Crippen molar-refractivity contribution in [2.24, 2.45) is 5.92 Å². The lowest BCUT2D eigenvalue weighted by Gasteiger charge is -2.36. The quantitative estimate of drug-likeness (QED) is 0.824. The van der Waals surface area contributed by atoms with Crippen molar-refractivity contribution in [3.63, 3.8) is 0 Å². The van der Waals surface area contributed by atoms with Crippen LogP contribution in [0.15, 0.2) is 17.0 Å². The van der Waals surface area contributed by atoms with E-state index < -0.39 is 10.0 Å². The number of rotatable bonds is 2. The van der Waals surface area contributed by atoms with Crippen LogP contribution in [0, 0.1) is 5.92 Å². The molecule has 0 atom stereocenters. The summed E-state index contributed by atoms with van der Waals surface area (Å²) in [5, 5.41) is 0. The topological polar surface area (TPSA) is 57.7 Å². The summed E-state index contributed by atoms with van der Waals surface area (Å²) >= 11 is 0. The molecule has 5 nitrogen and oxygen atoms in total. The molecule has 1 amide bonds. The van der Waals surface area contributed by atoms with Gasteiger partial charge >= 0.3 is 0 Å². The van der Waals surface area contributed by atoms with Crippen LogP contribution < -0.4 is 4.90 Å². The van der Waals surface area contributed by atoms with Crippen LogP contribution in [-0.2, 0) is 27.7 Å². The van der Waals surface area contributed by atoms with Gasteiger partial charge in [0.1, 0.15) is 0 Å². The van der Waals surface area contributed by atoms with Gasteiger partial charge in [0.2, 0.25) is 15.9 Å². The van der Waals surface area contributed by atoms with Gasteiger partial charge in [-0.2, -0.15) is 4.31 Å². The van der Waals surface area contributed by atoms with Crippen LogP contribution in [0.25, 0.3) is 0 Å². The Kier molecular flexibility index (Phi) is 3.92. The molecule has 0 radical (unpaired) electrons. The van der Waals surface area contributed by atoms with E-state index >= 15 is 0 Å². The fourth-order valence-corrected chi connectivity index (χ4v) is 5.72. The predicted molar refractivity (Wildman–Crippen MR) is 92.6 cm³/mol. The zero-order valence-electron chi connectivity index (χ0n) is 14.1. The Morgan fingerprint density at radius 1 is 1.00 bits per heavy atom. The summed E-state index contributed by atoms with van der Waals surface area (Å²) in [5.74, 6) is 0.768. The lowest BCUT2D eigenvalue weighted by Crippen LogP contribution is -2.40. The maximum Gasteiger partial charge on any atom is 0.243 e. The Morgan fingerprint density at radius 2 is 1.67 bits per heavy atom. The lowest BCUT2D eigenvalue weighted by atomic mass is 9.92. The highest BCUT2D eigenvalue weighted by Gasteiger charge is 2.33. The highest BCUT2D eigenvalue weighted by molar-refractivity contribution is 7.89. The minimum absolute atomic E-state index is 0.170. The van der Waals surface area contributed by atoms with Gasteiger partial charge in [-0.15, -0.1) is 0 Å². The van der Waals surface area contributed by atoms with Gasteiger partial charge in [-0.1, -0.05) is 6.92 Å². The summed E-state index contributed by atoms with van der Waals surface area (Å²) in [6, 6.07) is 3.63. The number of sulfonamides is 1. The van der Waals surface area contributed by atoms with Gasteiger partial charge in [0, 0.05) is 26.1 Å². The minimum atomic E-state index is -3.43. The van der Waals surface area contributed by atoms with Crippen LogP contribution in [0.1, 0.15) is 43.7 Å². The maximum absolute atomic E-state index is 13.1. The number of carbonyl (C=O) groups excluding carboxylic acids is 1. The Morgan fingerprint density at radius 3 is 2.38 bits per heavy atom. The van der Waals surface area contributed by atoms with Crippen LogP contribution in [0.4, 0.5) is 5.69 Å². The van der Waals surface area contributed by atoms with Gasteiger partial charge in [0.25, 0.3) is 0 Å². The largest absolute Gasteiger partial charge is 0.312 e. The first kappa shape index (κ1) is 16.1. The first-order chi connectivity index (χ1) is 11.5. The van der Waals surface area contributed by atoms with Gasteiger partial charge < -0.3 is 4.90 Å². The number of piperidine rings is 1. The van der Waals surface area contributed by atoms with Crippen molar-refractivity contribution in [3.8, 4) is 0 Å². The van der Waals surface area contributed by atoms with Crippen molar-refractivity contribution in [2.45, 2.75) is 50.3 Å². The Balaban J connectivity index is 1.74. The van der Waals surface area contributed by atoms with Crippen molar-refractivity contribution in [2.75, 3.05) is 24.5 Å². The van der Waals surface area contributed by atoms with E-state index in [-0.39, 0.29) is 5.91 Å². The average Bonchev–Trinajstić information content (AvgIpc) is 2.58. The smallest absolute Gasteiger partial charge is 0.243 e. The second kappa shape index (κ2) is 5.85. The van der Waals surface area contributed by atoms with E-state index in [1.165, 1.54) is 0 Å². The summed E-state index contributed by atoms with van der Waals surface area (Å²) in [6.07, 6.45) is 4.75. The fraction of sp³-hybridized carbons (Fsp3) is 0.611. The molecule has 0 aliphatic carbocycles. The second-order valence-electron chi connectivity index (χ2n) is 7.33. The van der Waals surface area contributed by atoms with Gasteiger partial charge in [-0.25, -0.2) is 8.42 Å². The number of hydrogen-bond donors (Lipinski definition) is 0. The molecular formula is C18H24N2O3S. The first-order valence-electron chi connectivity index (χ1n) is 8.93. The Hall–Kier alpha value is -1.40. The van der Waals surface area contributed by atoms with Crippen LogP contribution in [0.2, 0.25) is 0 Å². The molecule has 24 heavy (non-hydrogen) atoms. The standard InChI is InChI=1S/C18H24N2O3S/c1-13-6-9-19(10-7-13)24(22,23)16-11-14-3-2-8-20-17(21)5-4-15(12-16)18(14)20/h11-13H,2-10H2,1H3. The van der Waals surface area contributed by atoms with Crippen molar-refractivity contribution < 1.29 is 13.2 Å². The zero-order valence-corrected chi connectivity index (χ0v) is 14.9. The molecule has 0 spiro atoms. The van der Waals surface area contributed by atoms with Crippen LogP contribution in [-0.4, -0.2) is 38.3 Å². The molecule has 0 N–H and O–H groups in total. The lowest BCUT2D eigenvalue weighted by molar-refractivity contribution is -0.119. The van der Waals surface area contributed by atoms with Crippen LogP contribution in [0.3, 0.4) is 0 Å². The number of carbonyl (C=O) groups is 1. The third-order valence-electron chi connectivity index (χ3n) is 5.63. The molecule has 130 valence electrons. The van der Waals surface area contributed by atoms with E-state index in [4.69, 9.17) is 0 Å². The highest BCUT2D eigenvalue weighted by atomic mass is 32.2. The van der Waals surface area contributed by atoms with E-state index in [1.807, 2.05) is 17.0 Å². The minimum Gasteiger partial charge on any atom is -0.312 e. The normalized spacial score (nSPS) is 22.5. The van der Waals surface area contributed by atoms with E-state index in [0.29, 0.717) is 36.7 Å². The molecule has 1 aromatic rings. The molecule has 0 bridgehead atoms. The van der Waals surface area contributed by atoms with Crippen molar-refractivity contribution in [3.05, 3.63) is 23.3 Å². The van der Waals surface area contributed by atoms with Gasteiger partial charge in [-0.3, -0.25) is 4.79 Å². The first-order valence-corrected chi connectivity index (χ1v) is 10.4. The van der Waals surface area contributed by atoms with Gasteiger partial charge in [-0.05, 0) is 61.3 Å². The molecule has 3 aliphatic heterocycles. The molecule has 6 heteroatoms. The van der Waals surface area contributed by atoms with Gasteiger partial charge in [0.05, 0.1) is 10.6 Å². The summed E-state index contributed by atoms with van der Waals surface area (Å²) in [7, 11) is -3.43. The predicted octanol–water partition coefficient (Wildman–Crippen LogP) is 2.33. The van der Waals surface area contributed by atoms with Crippen LogP contribution in [0.5, 0.6) is 0 Å². The molecule has 0 saturated carbocycles. The third kappa shape index (κ3) is 2.56. The fourth-order valence-electron chi connectivity index (χ4n) is 4.14. The molecule has 0 aromatic heterocycles. The van der Waals surface area contributed by atoms with Crippen molar-refractivity contribution in [1.29, 1.82) is 0 Å². The zero-order chi connectivity index (χ0) is 16.9. The highest BCUT2D eigenvalue weighted by Crippen LogP contribution is 2.38. The molecule has 0 unspecified atom stereocenters. The number of anilines is 1. The van der Waals surface area contributed by atoms with Crippen molar-refractivity contribution in [1.82, 2.24) is 4.31 Å². The molecule has 3 heterocycles. The summed E-state index contributed by atoms with van der Waals surface area (Å²) in [4.78, 5) is 14.4. The SMILES string of the molecule is CC1CCN(S(=O)(=O)c2cc3c4c(c2)CCC(=O)N4CCC3)CC1. The Bertz CT molecular complexity index is 762. The number of amides is 1. The Labute approximate surface area is 143 Å². The summed E-state index contributed by atoms with van der Waals surface area (Å²) in [5.41, 5.74) is 3.04. The molecule has 1 fully saturated rings. The summed E-state index contributed by atoms with van der Waals surface area (Å²) < 4.78 is 27.7. The number of nitrogens with zero attached hydrogens (tertiary/aromatic N) is 2. The molecule has 3 aliphatic rings. The number of hydrogen-bond acceptors (Lipinski definition) is 3. The van der Waals surface area contributed by atoms with Gasteiger partial charge in [0.15, 0.2) is 0 Å². The van der Waals surface area contributed by atoms with E-state index in [9.17, 15) is 13.2 Å². The number of benzene rings is 1. The third-order valence-corrected chi connectivity index (χ3v) is 7.51. The maximum atomic E-state index is 13.1. The molecule has 1 aromatic carbocycles.